The number of amidine groups is 1. The number of hydrogen-bond acceptors (Lipinski definition) is 4. The zero-order chi connectivity index (χ0) is 14.5. The van der Waals surface area contributed by atoms with Gasteiger partial charge in [-0.25, -0.2) is 0 Å². The monoisotopic (exact) mass is 359 g/mol. The van der Waals surface area contributed by atoms with Crippen molar-refractivity contribution in [2.75, 3.05) is 0 Å². The average Bonchev–Trinajstić information content (AvgIpc) is 2.91. The van der Waals surface area contributed by atoms with Crippen molar-refractivity contribution in [2.45, 2.75) is 38.1 Å². The molecule has 110 valence electrons. The smallest absolute Gasteiger partial charge is 0.263 e. The van der Waals surface area contributed by atoms with Gasteiger partial charge in [-0.3, -0.25) is 4.79 Å². The molecule has 1 aliphatic carbocycles. The molecule has 0 saturated heterocycles. The highest BCUT2D eigenvalue weighted by Gasteiger charge is 2.29. The first kappa shape index (κ1) is 15.3. The maximum Gasteiger partial charge on any atom is 0.263 e. The van der Waals surface area contributed by atoms with E-state index in [0.717, 1.165) is 30.2 Å². The van der Waals surface area contributed by atoms with Crippen molar-refractivity contribution in [3.8, 4) is 0 Å². The second kappa shape index (κ2) is 7.08. The molecule has 20 heavy (non-hydrogen) atoms. The summed E-state index contributed by atoms with van der Waals surface area (Å²) in [4.78, 5) is 12.9. The van der Waals surface area contributed by atoms with E-state index in [-0.39, 0.29) is 17.7 Å². The Labute approximate surface area is 130 Å². The minimum atomic E-state index is -0.401. The number of halogens is 1. The molecule has 1 unspecified atom stereocenters. The molecule has 1 aromatic rings. The van der Waals surface area contributed by atoms with Gasteiger partial charge in [-0.1, -0.05) is 24.4 Å². The summed E-state index contributed by atoms with van der Waals surface area (Å²) in [6.07, 6.45) is 5.44. The van der Waals surface area contributed by atoms with Crippen LogP contribution in [0.3, 0.4) is 0 Å². The van der Waals surface area contributed by atoms with E-state index >= 15 is 0 Å². The first-order valence-electron chi connectivity index (χ1n) is 6.64. The topological polar surface area (TPSA) is 87.7 Å². The number of nitrogens with two attached hydrogens (primary N) is 1. The third-order valence-electron chi connectivity index (χ3n) is 3.67. The number of oxime groups is 1. The van der Waals surface area contributed by atoms with Crippen LogP contribution in [-0.4, -0.2) is 23.0 Å². The molecular weight excluding hydrogens is 342 g/mol. The number of nitrogens with one attached hydrogen (secondary N) is 1. The summed E-state index contributed by atoms with van der Waals surface area (Å²) in [5.74, 6) is 0.134. The Bertz CT molecular complexity index is 498. The summed E-state index contributed by atoms with van der Waals surface area (Å²) in [5, 5.41) is 16.8. The van der Waals surface area contributed by atoms with Crippen LogP contribution in [0.25, 0.3) is 0 Å². The van der Waals surface area contributed by atoms with Crippen LogP contribution in [-0.2, 0) is 0 Å². The van der Waals surface area contributed by atoms with E-state index in [9.17, 15) is 4.79 Å². The highest BCUT2D eigenvalue weighted by molar-refractivity contribution is 9.10. The fourth-order valence-corrected chi connectivity index (χ4v) is 4.08. The van der Waals surface area contributed by atoms with Crippen LogP contribution in [0.1, 0.15) is 41.8 Å². The second-order valence-electron chi connectivity index (χ2n) is 4.97. The van der Waals surface area contributed by atoms with Gasteiger partial charge in [0.1, 0.15) is 4.88 Å². The summed E-state index contributed by atoms with van der Waals surface area (Å²) in [5.41, 5.74) is 5.76. The van der Waals surface area contributed by atoms with Crippen LogP contribution >= 0.6 is 27.3 Å². The quantitative estimate of drug-likeness (QED) is 0.334. The Hall–Kier alpha value is -1.08. The molecule has 0 aromatic carbocycles. The van der Waals surface area contributed by atoms with Gasteiger partial charge in [0.05, 0.1) is 6.04 Å². The number of amides is 1. The van der Waals surface area contributed by atoms with Gasteiger partial charge in [-0.2, -0.15) is 0 Å². The van der Waals surface area contributed by atoms with Crippen LogP contribution in [0.15, 0.2) is 21.1 Å². The van der Waals surface area contributed by atoms with Crippen LogP contribution in [0.5, 0.6) is 0 Å². The van der Waals surface area contributed by atoms with Gasteiger partial charge in [-0.05, 0) is 46.1 Å². The Morgan fingerprint density at radius 3 is 2.75 bits per heavy atom. The second-order valence-corrected chi connectivity index (χ2v) is 6.74. The number of carbonyl (C=O) groups is 1. The molecule has 0 aliphatic heterocycles. The third-order valence-corrected chi connectivity index (χ3v) is 5.50. The highest BCUT2D eigenvalue weighted by atomic mass is 79.9. The van der Waals surface area contributed by atoms with Gasteiger partial charge in [-0.15, -0.1) is 11.3 Å². The van der Waals surface area contributed by atoms with Gasteiger partial charge in [0.2, 0.25) is 0 Å². The number of rotatable bonds is 4. The summed E-state index contributed by atoms with van der Waals surface area (Å²) in [7, 11) is 0. The first-order chi connectivity index (χ1) is 9.63. The number of hydrogen-bond donors (Lipinski definition) is 3. The molecule has 1 aliphatic rings. The molecule has 0 bridgehead atoms. The Morgan fingerprint density at radius 2 is 2.20 bits per heavy atom. The summed E-state index contributed by atoms with van der Waals surface area (Å²) < 4.78 is 0.766. The lowest BCUT2D eigenvalue weighted by molar-refractivity contribution is 0.0934. The summed E-state index contributed by atoms with van der Waals surface area (Å²) in [6, 6.07) is 1.43. The molecule has 7 heteroatoms. The van der Waals surface area contributed by atoms with E-state index in [2.05, 4.69) is 26.4 Å². The SMILES string of the molecule is NC(=NO)C(NC(=O)c1sccc1Br)C1CCCCC1. The molecule has 1 fully saturated rings. The van der Waals surface area contributed by atoms with Crippen molar-refractivity contribution < 1.29 is 10.0 Å². The van der Waals surface area contributed by atoms with E-state index < -0.39 is 6.04 Å². The minimum absolute atomic E-state index is 0.0814. The maximum absolute atomic E-state index is 12.3. The first-order valence-corrected chi connectivity index (χ1v) is 8.32. The average molecular weight is 360 g/mol. The molecule has 0 radical (unpaired) electrons. The van der Waals surface area contributed by atoms with E-state index in [1.165, 1.54) is 17.8 Å². The van der Waals surface area contributed by atoms with Crippen molar-refractivity contribution in [1.29, 1.82) is 0 Å². The van der Waals surface area contributed by atoms with Crippen molar-refractivity contribution in [3.05, 3.63) is 20.8 Å². The van der Waals surface area contributed by atoms with E-state index in [1.54, 1.807) is 0 Å². The van der Waals surface area contributed by atoms with E-state index in [1.807, 2.05) is 11.4 Å². The maximum atomic E-state index is 12.3. The van der Waals surface area contributed by atoms with Crippen molar-refractivity contribution in [3.63, 3.8) is 0 Å². The number of nitrogens with zero attached hydrogens (tertiary/aromatic N) is 1. The molecule has 1 aromatic heterocycles. The van der Waals surface area contributed by atoms with Gasteiger partial charge < -0.3 is 16.3 Å². The molecule has 4 N–H and O–H groups in total. The van der Waals surface area contributed by atoms with Crippen molar-refractivity contribution in [1.82, 2.24) is 5.32 Å². The van der Waals surface area contributed by atoms with Gasteiger partial charge >= 0.3 is 0 Å². The van der Waals surface area contributed by atoms with Crippen molar-refractivity contribution in [2.24, 2.45) is 16.8 Å². The standard InChI is InChI=1S/C13H18BrN3O2S/c14-9-6-7-20-11(9)13(18)16-10(12(15)17-19)8-4-2-1-3-5-8/h6-8,10,19H,1-5H2,(H2,15,17)(H,16,18). The molecule has 1 heterocycles. The minimum Gasteiger partial charge on any atom is -0.409 e. The summed E-state index contributed by atoms with van der Waals surface area (Å²) in [6.45, 7) is 0. The molecule has 1 amide bonds. The Balaban J connectivity index is 2.11. The normalized spacial score (nSPS) is 18.8. The van der Waals surface area contributed by atoms with Crippen LogP contribution in [0.2, 0.25) is 0 Å². The fraction of sp³-hybridized carbons (Fsp3) is 0.538. The zero-order valence-electron chi connectivity index (χ0n) is 11.0. The fourth-order valence-electron chi connectivity index (χ4n) is 2.63. The Morgan fingerprint density at radius 1 is 1.50 bits per heavy atom. The van der Waals surface area contributed by atoms with E-state index in [4.69, 9.17) is 10.9 Å². The molecule has 5 nitrogen and oxygen atoms in total. The van der Waals surface area contributed by atoms with Crippen molar-refractivity contribution >= 4 is 39.0 Å². The Kier molecular flexibility index (Phi) is 5.42. The van der Waals surface area contributed by atoms with E-state index in [0.29, 0.717) is 4.88 Å². The van der Waals surface area contributed by atoms with Crippen LogP contribution < -0.4 is 11.1 Å². The lowest BCUT2D eigenvalue weighted by Crippen LogP contribution is -2.49. The zero-order valence-corrected chi connectivity index (χ0v) is 13.4. The molecule has 2 rings (SSSR count). The number of thiophene rings is 1. The predicted octanol–water partition coefficient (Wildman–Crippen LogP) is 2.94. The molecule has 1 saturated carbocycles. The number of carbonyl (C=O) groups excluding carboxylic acids is 1. The molecule has 1 atom stereocenters. The largest absolute Gasteiger partial charge is 0.409 e. The third kappa shape index (κ3) is 3.52. The lowest BCUT2D eigenvalue weighted by Gasteiger charge is -2.29. The molecular formula is C13H18BrN3O2S. The highest BCUT2D eigenvalue weighted by Crippen LogP contribution is 2.28. The summed E-state index contributed by atoms with van der Waals surface area (Å²) >= 11 is 4.71. The van der Waals surface area contributed by atoms with Gasteiger partial charge in [0.15, 0.2) is 5.84 Å². The lowest BCUT2D eigenvalue weighted by atomic mass is 9.83. The van der Waals surface area contributed by atoms with Crippen LogP contribution in [0, 0.1) is 5.92 Å². The predicted molar refractivity (Wildman–Crippen MR) is 83.3 cm³/mol. The molecule has 0 spiro atoms. The van der Waals surface area contributed by atoms with Gasteiger partial charge in [0.25, 0.3) is 5.91 Å². The van der Waals surface area contributed by atoms with Gasteiger partial charge in [0, 0.05) is 4.47 Å². The van der Waals surface area contributed by atoms with Crippen LogP contribution in [0.4, 0.5) is 0 Å².